The van der Waals surface area contributed by atoms with Crippen LogP contribution in [0.25, 0.3) is 0 Å². The van der Waals surface area contributed by atoms with Crippen molar-refractivity contribution >= 4 is 21.7 Å². The van der Waals surface area contributed by atoms with Crippen LogP contribution in [0.1, 0.15) is 24.2 Å². The van der Waals surface area contributed by atoms with E-state index in [2.05, 4.69) is 0 Å². The Morgan fingerprint density at radius 2 is 2.06 bits per heavy atom. The molecule has 0 bridgehead atoms. The van der Waals surface area contributed by atoms with E-state index in [4.69, 9.17) is 5.11 Å². The predicted molar refractivity (Wildman–Crippen MR) is 65.6 cm³/mol. The molecule has 0 amide bonds. The number of halogens is 1. The van der Waals surface area contributed by atoms with Crippen molar-refractivity contribution in [1.82, 2.24) is 0 Å². The minimum atomic E-state index is -3.77. The van der Waals surface area contributed by atoms with E-state index in [1.807, 2.05) is 4.72 Å². The molecule has 0 heterocycles. The molecule has 0 radical (unpaired) electrons. The predicted octanol–water partition coefficient (Wildman–Crippen LogP) is 1.92. The Kier molecular flexibility index (Phi) is 4.28. The molecule has 0 aliphatic rings. The highest BCUT2D eigenvalue weighted by atomic mass is 32.2. The van der Waals surface area contributed by atoms with Gasteiger partial charge in [-0.3, -0.25) is 4.72 Å². The molecule has 0 fully saturated rings. The monoisotopic (exact) mass is 275 g/mol. The number of carbonyl (C=O) groups is 1. The summed E-state index contributed by atoms with van der Waals surface area (Å²) in [5, 5.41) is 8.87. The summed E-state index contributed by atoms with van der Waals surface area (Å²) in [4.78, 5) is 10.9. The molecular formula is C11H14FNO4S. The zero-order chi connectivity index (χ0) is 13.9. The molecule has 2 N–H and O–H groups in total. The fraction of sp³-hybridized carbons (Fsp3) is 0.364. The number of sulfonamides is 1. The molecule has 0 spiro atoms. The summed E-state index contributed by atoms with van der Waals surface area (Å²) in [6.45, 7) is 3.39. The maximum Gasteiger partial charge on any atom is 0.337 e. The Labute approximate surface area is 105 Å². The lowest BCUT2D eigenvalue weighted by atomic mass is 10.2. The first-order valence-electron chi connectivity index (χ1n) is 5.25. The van der Waals surface area contributed by atoms with E-state index in [1.54, 1.807) is 13.8 Å². The zero-order valence-electron chi connectivity index (χ0n) is 9.97. The molecule has 0 atom stereocenters. The summed E-state index contributed by atoms with van der Waals surface area (Å²) in [7, 11) is -3.77. The SMILES string of the molecule is CC(C)CS(=O)(=O)Nc1c(F)cccc1C(=O)O. The highest BCUT2D eigenvalue weighted by Crippen LogP contribution is 2.21. The van der Waals surface area contributed by atoms with Crippen LogP contribution in [0.15, 0.2) is 18.2 Å². The maximum absolute atomic E-state index is 13.5. The number of benzene rings is 1. The number of nitrogens with one attached hydrogen (secondary N) is 1. The summed E-state index contributed by atoms with van der Waals surface area (Å²) >= 11 is 0. The Hall–Kier alpha value is -1.63. The van der Waals surface area contributed by atoms with Gasteiger partial charge in [0.25, 0.3) is 0 Å². The molecule has 0 aliphatic heterocycles. The normalized spacial score (nSPS) is 11.6. The Morgan fingerprint density at radius 3 is 2.56 bits per heavy atom. The number of carboxylic acids is 1. The van der Waals surface area contributed by atoms with Gasteiger partial charge in [0.05, 0.1) is 17.0 Å². The van der Waals surface area contributed by atoms with E-state index in [0.717, 1.165) is 12.1 Å². The van der Waals surface area contributed by atoms with Crippen molar-refractivity contribution in [3.8, 4) is 0 Å². The van der Waals surface area contributed by atoms with Gasteiger partial charge in [0.2, 0.25) is 10.0 Å². The average molecular weight is 275 g/mol. The van der Waals surface area contributed by atoms with Crippen LogP contribution in [0.5, 0.6) is 0 Å². The van der Waals surface area contributed by atoms with Gasteiger partial charge in [-0.25, -0.2) is 17.6 Å². The van der Waals surface area contributed by atoms with Crippen molar-refractivity contribution < 1.29 is 22.7 Å². The first-order valence-corrected chi connectivity index (χ1v) is 6.90. The fourth-order valence-corrected chi connectivity index (χ4v) is 2.92. The van der Waals surface area contributed by atoms with Crippen molar-refractivity contribution in [3.05, 3.63) is 29.6 Å². The largest absolute Gasteiger partial charge is 0.478 e. The second-order valence-electron chi connectivity index (χ2n) is 4.24. The number of anilines is 1. The van der Waals surface area contributed by atoms with E-state index in [9.17, 15) is 17.6 Å². The molecule has 7 heteroatoms. The molecule has 18 heavy (non-hydrogen) atoms. The molecular weight excluding hydrogens is 261 g/mol. The van der Waals surface area contributed by atoms with Crippen LogP contribution in [0.2, 0.25) is 0 Å². The Balaban J connectivity index is 3.15. The van der Waals surface area contributed by atoms with E-state index in [0.29, 0.717) is 0 Å². The highest BCUT2D eigenvalue weighted by molar-refractivity contribution is 7.92. The van der Waals surface area contributed by atoms with Gasteiger partial charge in [0.1, 0.15) is 5.82 Å². The van der Waals surface area contributed by atoms with Crippen LogP contribution in [-0.4, -0.2) is 25.2 Å². The summed E-state index contributed by atoms with van der Waals surface area (Å²) in [6, 6.07) is 3.34. The first-order chi connectivity index (χ1) is 8.23. The van der Waals surface area contributed by atoms with Gasteiger partial charge >= 0.3 is 5.97 Å². The van der Waals surface area contributed by atoms with Crippen molar-refractivity contribution in [1.29, 1.82) is 0 Å². The lowest BCUT2D eigenvalue weighted by Gasteiger charge is -2.12. The zero-order valence-corrected chi connectivity index (χ0v) is 10.8. The molecule has 5 nitrogen and oxygen atoms in total. The summed E-state index contributed by atoms with van der Waals surface area (Å²) in [6.07, 6.45) is 0. The molecule has 0 saturated carbocycles. The van der Waals surface area contributed by atoms with Gasteiger partial charge in [0, 0.05) is 0 Å². The highest BCUT2D eigenvalue weighted by Gasteiger charge is 2.20. The molecule has 0 aromatic heterocycles. The van der Waals surface area contributed by atoms with Crippen LogP contribution >= 0.6 is 0 Å². The van der Waals surface area contributed by atoms with E-state index < -0.39 is 33.1 Å². The van der Waals surface area contributed by atoms with Gasteiger partial charge in [-0.2, -0.15) is 0 Å². The standard InChI is InChI=1S/C11H14FNO4S/c1-7(2)6-18(16,17)13-10-8(11(14)15)4-3-5-9(10)12/h3-5,7,13H,6H2,1-2H3,(H,14,15). The third-order valence-corrected chi connectivity index (χ3v) is 3.67. The lowest BCUT2D eigenvalue weighted by molar-refractivity contribution is 0.0697. The Bertz CT molecular complexity index is 554. The third-order valence-electron chi connectivity index (χ3n) is 2.05. The molecule has 1 rings (SSSR count). The van der Waals surface area contributed by atoms with E-state index in [1.165, 1.54) is 6.07 Å². The molecule has 1 aromatic rings. The number of aromatic carboxylic acids is 1. The summed E-state index contributed by atoms with van der Waals surface area (Å²) in [5.41, 5.74) is -0.937. The minimum Gasteiger partial charge on any atom is -0.478 e. The van der Waals surface area contributed by atoms with Crippen molar-refractivity contribution in [3.63, 3.8) is 0 Å². The smallest absolute Gasteiger partial charge is 0.337 e. The van der Waals surface area contributed by atoms with Crippen LogP contribution in [0.3, 0.4) is 0 Å². The number of hydrogen-bond donors (Lipinski definition) is 2. The molecule has 100 valence electrons. The van der Waals surface area contributed by atoms with Crippen LogP contribution in [-0.2, 0) is 10.0 Å². The van der Waals surface area contributed by atoms with E-state index >= 15 is 0 Å². The lowest BCUT2D eigenvalue weighted by Crippen LogP contribution is -2.22. The molecule has 0 saturated heterocycles. The van der Waals surface area contributed by atoms with Crippen LogP contribution < -0.4 is 4.72 Å². The van der Waals surface area contributed by atoms with Crippen LogP contribution in [0.4, 0.5) is 10.1 Å². The second-order valence-corrected chi connectivity index (χ2v) is 6.01. The van der Waals surface area contributed by atoms with Crippen molar-refractivity contribution in [2.24, 2.45) is 5.92 Å². The van der Waals surface area contributed by atoms with Crippen LogP contribution in [0, 0.1) is 11.7 Å². The second kappa shape index (κ2) is 5.34. The van der Waals surface area contributed by atoms with Gasteiger partial charge in [-0.15, -0.1) is 0 Å². The molecule has 0 unspecified atom stereocenters. The van der Waals surface area contributed by atoms with Gasteiger partial charge in [-0.1, -0.05) is 19.9 Å². The van der Waals surface area contributed by atoms with Crippen molar-refractivity contribution in [2.75, 3.05) is 10.5 Å². The first kappa shape index (κ1) is 14.4. The summed E-state index contributed by atoms with van der Waals surface area (Å²) in [5.74, 6) is -2.66. The molecule has 1 aromatic carbocycles. The maximum atomic E-state index is 13.5. The fourth-order valence-electron chi connectivity index (χ4n) is 1.44. The number of hydrogen-bond acceptors (Lipinski definition) is 3. The third kappa shape index (κ3) is 3.69. The number of carboxylic acid groups (broad SMARTS) is 1. The number of para-hydroxylation sites is 1. The minimum absolute atomic E-state index is 0.150. The summed E-state index contributed by atoms with van der Waals surface area (Å²) < 4.78 is 38.8. The average Bonchev–Trinajstić information content (AvgIpc) is 2.18. The Morgan fingerprint density at radius 1 is 1.44 bits per heavy atom. The van der Waals surface area contributed by atoms with Crippen molar-refractivity contribution in [2.45, 2.75) is 13.8 Å². The van der Waals surface area contributed by atoms with E-state index in [-0.39, 0.29) is 11.7 Å². The quantitative estimate of drug-likeness (QED) is 0.860. The van der Waals surface area contributed by atoms with Gasteiger partial charge in [-0.05, 0) is 18.1 Å². The van der Waals surface area contributed by atoms with Gasteiger partial charge in [0.15, 0.2) is 0 Å². The topological polar surface area (TPSA) is 83.5 Å². The number of rotatable bonds is 5. The van der Waals surface area contributed by atoms with Gasteiger partial charge < -0.3 is 5.11 Å². The molecule has 0 aliphatic carbocycles.